The van der Waals surface area contributed by atoms with Gasteiger partial charge in [0.15, 0.2) is 5.82 Å². The molecule has 0 spiro atoms. The van der Waals surface area contributed by atoms with Crippen LogP contribution in [-0.2, 0) is 17.9 Å². The van der Waals surface area contributed by atoms with Crippen molar-refractivity contribution in [3.8, 4) is 0 Å². The van der Waals surface area contributed by atoms with E-state index < -0.39 is 0 Å². The Bertz CT molecular complexity index is 899. The number of hydrogen-bond donors (Lipinski definition) is 1. The van der Waals surface area contributed by atoms with Gasteiger partial charge < -0.3 is 5.32 Å². The molecule has 2 heterocycles. The van der Waals surface area contributed by atoms with Crippen LogP contribution in [0.2, 0.25) is 15.1 Å². The van der Waals surface area contributed by atoms with Crippen LogP contribution >= 0.6 is 34.8 Å². The van der Waals surface area contributed by atoms with Gasteiger partial charge in [0.25, 0.3) is 0 Å². The standard InChI is InChI=1S/C16H14Cl3N5O/c1-10-14(19)8-24(21-10)9-16(25)20-15-4-5-23(22-15)7-11-2-3-12(17)6-13(11)18/h2-6,8H,7,9H2,1H3,(H,20,22,25). The number of carbonyl (C=O) groups is 1. The number of aromatic nitrogens is 4. The zero-order valence-corrected chi connectivity index (χ0v) is 15.5. The highest BCUT2D eigenvalue weighted by Crippen LogP contribution is 2.22. The molecule has 9 heteroatoms. The highest BCUT2D eigenvalue weighted by atomic mass is 35.5. The van der Waals surface area contributed by atoms with Crippen LogP contribution in [0.5, 0.6) is 0 Å². The average Bonchev–Trinajstić information content (AvgIpc) is 3.09. The van der Waals surface area contributed by atoms with Crippen LogP contribution in [0, 0.1) is 6.92 Å². The molecule has 0 bridgehead atoms. The SMILES string of the molecule is Cc1nn(CC(=O)Nc2ccn(Cc3ccc(Cl)cc3Cl)n2)cc1Cl. The summed E-state index contributed by atoms with van der Waals surface area (Å²) < 4.78 is 3.16. The summed E-state index contributed by atoms with van der Waals surface area (Å²) >= 11 is 18.0. The molecular weight excluding hydrogens is 385 g/mol. The lowest BCUT2D eigenvalue weighted by Gasteiger charge is -2.05. The molecule has 0 radical (unpaired) electrons. The van der Waals surface area contributed by atoms with Gasteiger partial charge in [0, 0.05) is 28.5 Å². The number of hydrogen-bond acceptors (Lipinski definition) is 3. The summed E-state index contributed by atoms with van der Waals surface area (Å²) in [5.41, 5.74) is 1.56. The molecule has 25 heavy (non-hydrogen) atoms. The minimum atomic E-state index is -0.242. The summed E-state index contributed by atoms with van der Waals surface area (Å²) in [6.45, 7) is 2.31. The smallest absolute Gasteiger partial charge is 0.247 e. The van der Waals surface area contributed by atoms with Crippen molar-refractivity contribution in [1.29, 1.82) is 0 Å². The first-order valence-corrected chi connectivity index (χ1v) is 8.51. The van der Waals surface area contributed by atoms with Crippen molar-refractivity contribution in [3.63, 3.8) is 0 Å². The Hall–Kier alpha value is -2.02. The first kappa shape index (κ1) is 17.8. The maximum absolute atomic E-state index is 12.1. The minimum Gasteiger partial charge on any atom is -0.308 e. The van der Waals surface area contributed by atoms with Crippen LogP contribution in [0.4, 0.5) is 5.82 Å². The number of nitrogens with zero attached hydrogens (tertiary/aromatic N) is 4. The summed E-state index contributed by atoms with van der Waals surface area (Å²) in [5, 5.41) is 12.8. The molecule has 130 valence electrons. The van der Waals surface area contributed by atoms with Gasteiger partial charge in [0.1, 0.15) is 6.54 Å². The van der Waals surface area contributed by atoms with Crippen molar-refractivity contribution in [2.24, 2.45) is 0 Å². The van der Waals surface area contributed by atoms with Gasteiger partial charge in [-0.05, 0) is 24.6 Å². The van der Waals surface area contributed by atoms with E-state index in [0.29, 0.717) is 33.1 Å². The van der Waals surface area contributed by atoms with E-state index in [2.05, 4.69) is 15.5 Å². The van der Waals surface area contributed by atoms with E-state index in [0.717, 1.165) is 5.56 Å². The Morgan fingerprint density at radius 3 is 2.60 bits per heavy atom. The first-order chi connectivity index (χ1) is 11.9. The number of halogens is 3. The van der Waals surface area contributed by atoms with Crippen molar-refractivity contribution >= 4 is 46.5 Å². The fraction of sp³-hybridized carbons (Fsp3) is 0.188. The summed E-state index contributed by atoms with van der Waals surface area (Å²) in [4.78, 5) is 12.1. The molecule has 3 aromatic rings. The summed E-state index contributed by atoms with van der Waals surface area (Å²) in [7, 11) is 0. The van der Waals surface area contributed by atoms with E-state index in [9.17, 15) is 4.79 Å². The fourth-order valence-electron chi connectivity index (χ4n) is 2.24. The quantitative estimate of drug-likeness (QED) is 0.705. The molecule has 0 saturated heterocycles. The highest BCUT2D eigenvalue weighted by Gasteiger charge is 2.10. The monoisotopic (exact) mass is 397 g/mol. The van der Waals surface area contributed by atoms with Gasteiger partial charge in [0.2, 0.25) is 5.91 Å². The topological polar surface area (TPSA) is 64.7 Å². The molecule has 6 nitrogen and oxygen atoms in total. The minimum absolute atomic E-state index is 0.0590. The fourth-order valence-corrected chi connectivity index (χ4v) is 2.86. The molecular formula is C16H14Cl3N5O. The zero-order valence-electron chi connectivity index (χ0n) is 13.2. The van der Waals surface area contributed by atoms with Gasteiger partial charge >= 0.3 is 0 Å². The third-order valence-corrected chi connectivity index (χ3v) is 4.41. The largest absolute Gasteiger partial charge is 0.308 e. The van der Waals surface area contributed by atoms with Crippen LogP contribution in [-0.4, -0.2) is 25.5 Å². The number of amides is 1. The van der Waals surface area contributed by atoms with E-state index in [4.69, 9.17) is 34.8 Å². The predicted molar refractivity (Wildman–Crippen MR) is 98.4 cm³/mol. The van der Waals surface area contributed by atoms with Crippen molar-refractivity contribution in [1.82, 2.24) is 19.6 Å². The molecule has 1 aromatic carbocycles. The van der Waals surface area contributed by atoms with E-state index in [1.54, 1.807) is 42.2 Å². The summed E-state index contributed by atoms with van der Waals surface area (Å²) in [6, 6.07) is 7.01. The second-order valence-electron chi connectivity index (χ2n) is 5.44. The Labute approximate surface area is 159 Å². The zero-order chi connectivity index (χ0) is 18.0. The lowest BCUT2D eigenvalue weighted by molar-refractivity contribution is -0.116. The molecule has 0 saturated carbocycles. The number of aryl methyl sites for hydroxylation is 1. The van der Waals surface area contributed by atoms with Gasteiger partial charge in [-0.2, -0.15) is 10.2 Å². The van der Waals surface area contributed by atoms with E-state index >= 15 is 0 Å². The molecule has 0 atom stereocenters. The lowest BCUT2D eigenvalue weighted by atomic mass is 10.2. The molecule has 0 aliphatic carbocycles. The molecule has 1 N–H and O–H groups in total. The number of anilines is 1. The highest BCUT2D eigenvalue weighted by molar-refractivity contribution is 6.35. The molecule has 0 unspecified atom stereocenters. The molecule has 0 fully saturated rings. The van der Waals surface area contributed by atoms with Crippen LogP contribution in [0.1, 0.15) is 11.3 Å². The van der Waals surface area contributed by atoms with Crippen molar-refractivity contribution in [2.75, 3.05) is 5.32 Å². The van der Waals surface area contributed by atoms with Crippen LogP contribution < -0.4 is 5.32 Å². The van der Waals surface area contributed by atoms with Crippen LogP contribution in [0.3, 0.4) is 0 Å². The molecule has 0 aliphatic rings. The Kier molecular flexibility index (Phi) is 5.32. The van der Waals surface area contributed by atoms with Crippen molar-refractivity contribution in [2.45, 2.75) is 20.0 Å². The van der Waals surface area contributed by atoms with E-state index in [-0.39, 0.29) is 12.5 Å². The van der Waals surface area contributed by atoms with Crippen molar-refractivity contribution < 1.29 is 4.79 Å². The average molecular weight is 399 g/mol. The van der Waals surface area contributed by atoms with Crippen LogP contribution in [0.15, 0.2) is 36.7 Å². The van der Waals surface area contributed by atoms with Gasteiger partial charge in [-0.25, -0.2) is 0 Å². The molecule has 2 aromatic heterocycles. The van der Waals surface area contributed by atoms with E-state index in [1.807, 2.05) is 6.07 Å². The second kappa shape index (κ2) is 7.47. The maximum Gasteiger partial charge on any atom is 0.247 e. The molecule has 3 rings (SSSR count). The summed E-state index contributed by atoms with van der Waals surface area (Å²) in [6.07, 6.45) is 3.37. The molecule has 1 amide bonds. The van der Waals surface area contributed by atoms with Crippen molar-refractivity contribution in [3.05, 3.63) is 63.0 Å². The third-order valence-electron chi connectivity index (χ3n) is 3.45. The van der Waals surface area contributed by atoms with Crippen LogP contribution in [0.25, 0.3) is 0 Å². The first-order valence-electron chi connectivity index (χ1n) is 7.37. The number of benzene rings is 1. The molecule has 0 aliphatic heterocycles. The lowest BCUT2D eigenvalue weighted by Crippen LogP contribution is -2.19. The normalized spacial score (nSPS) is 10.9. The summed E-state index contributed by atoms with van der Waals surface area (Å²) in [5.74, 6) is 0.207. The Morgan fingerprint density at radius 2 is 1.92 bits per heavy atom. The second-order valence-corrected chi connectivity index (χ2v) is 6.69. The van der Waals surface area contributed by atoms with Gasteiger partial charge in [0.05, 0.1) is 17.3 Å². The predicted octanol–water partition coefficient (Wildman–Crippen LogP) is 4.04. The maximum atomic E-state index is 12.1. The van der Waals surface area contributed by atoms with Gasteiger partial charge in [-0.1, -0.05) is 40.9 Å². The van der Waals surface area contributed by atoms with E-state index in [1.165, 1.54) is 4.68 Å². The Balaban J connectivity index is 1.62. The van der Waals surface area contributed by atoms with Gasteiger partial charge in [-0.3, -0.25) is 14.2 Å². The number of carbonyl (C=O) groups excluding carboxylic acids is 1. The number of nitrogens with one attached hydrogen (secondary N) is 1. The van der Waals surface area contributed by atoms with Gasteiger partial charge in [-0.15, -0.1) is 0 Å². The number of rotatable bonds is 5. The Morgan fingerprint density at radius 1 is 1.12 bits per heavy atom. The third kappa shape index (κ3) is 4.54.